The van der Waals surface area contributed by atoms with E-state index in [-0.39, 0.29) is 12.3 Å². The Kier molecular flexibility index (Phi) is 3.28. The molecule has 0 amide bonds. The van der Waals surface area contributed by atoms with Gasteiger partial charge in [-0.2, -0.15) is 0 Å². The lowest BCUT2D eigenvalue weighted by Crippen LogP contribution is -2.12. The summed E-state index contributed by atoms with van der Waals surface area (Å²) >= 11 is 0. The van der Waals surface area contributed by atoms with Crippen LogP contribution in [0.3, 0.4) is 0 Å². The Morgan fingerprint density at radius 3 is 2.67 bits per heavy atom. The zero-order valence-electron chi connectivity index (χ0n) is 8.28. The Bertz CT molecular complexity index is 402. The first-order valence-electron chi connectivity index (χ1n) is 4.37. The lowest BCUT2D eigenvalue weighted by molar-refractivity contribution is -0.134. The average Bonchev–Trinajstić information content (AvgIpc) is 2.16. The second kappa shape index (κ2) is 4.45. The van der Waals surface area contributed by atoms with Gasteiger partial charge in [0.2, 0.25) is 0 Å². The molecule has 0 bridgehead atoms. The first kappa shape index (κ1) is 11.0. The number of rotatable bonds is 4. The number of carbonyl (C=O) groups is 2. The normalized spacial score (nSPS) is 9.67. The van der Waals surface area contributed by atoms with Gasteiger partial charge in [-0.25, -0.2) is 0 Å². The molecule has 0 aliphatic heterocycles. The Labute approximate surface area is 86.9 Å². The highest BCUT2D eigenvalue weighted by Crippen LogP contribution is 2.18. The molecule has 0 aliphatic carbocycles. The van der Waals surface area contributed by atoms with E-state index in [0.717, 1.165) is 0 Å². The maximum absolute atomic E-state index is 11.1. The van der Waals surface area contributed by atoms with E-state index >= 15 is 0 Å². The van der Waals surface area contributed by atoms with E-state index in [1.165, 1.54) is 6.92 Å². The summed E-state index contributed by atoms with van der Waals surface area (Å²) in [6, 6.07) is 4.74. The molecule has 80 valence electrons. The van der Waals surface area contributed by atoms with Crippen LogP contribution in [-0.2, 0) is 4.79 Å². The maximum Gasteiger partial charge on any atom is 0.322 e. The summed E-state index contributed by atoms with van der Waals surface area (Å²) in [7, 11) is 0. The third-order valence-corrected chi connectivity index (χ3v) is 1.88. The largest absolute Gasteiger partial charge is 0.480 e. The van der Waals surface area contributed by atoms with Crippen LogP contribution < -0.4 is 11.1 Å². The molecule has 0 aromatic heterocycles. The van der Waals surface area contributed by atoms with E-state index in [9.17, 15) is 9.59 Å². The molecule has 1 aromatic carbocycles. The van der Waals surface area contributed by atoms with Gasteiger partial charge in [0.25, 0.3) is 0 Å². The number of anilines is 2. The van der Waals surface area contributed by atoms with Crippen LogP contribution >= 0.6 is 0 Å². The van der Waals surface area contributed by atoms with Crippen molar-refractivity contribution in [1.82, 2.24) is 0 Å². The average molecular weight is 208 g/mol. The smallest absolute Gasteiger partial charge is 0.322 e. The fourth-order valence-corrected chi connectivity index (χ4v) is 1.15. The summed E-state index contributed by atoms with van der Waals surface area (Å²) in [5, 5.41) is 11.1. The summed E-state index contributed by atoms with van der Waals surface area (Å²) in [5.74, 6) is -1.11. The zero-order valence-corrected chi connectivity index (χ0v) is 8.28. The highest BCUT2D eigenvalue weighted by atomic mass is 16.4. The predicted octanol–water partition coefficient (Wildman–Crippen LogP) is 0.968. The molecule has 0 radical (unpaired) electrons. The number of nitrogen functional groups attached to an aromatic ring is 1. The van der Waals surface area contributed by atoms with Crippen molar-refractivity contribution in [3.05, 3.63) is 23.8 Å². The number of Topliss-reactive ketones (excluding diaryl/α,β-unsaturated/α-hetero) is 1. The fraction of sp³-hybridized carbons (Fsp3) is 0.200. The SMILES string of the molecule is CC(=O)c1cc(NCC(=O)O)ccc1N. The minimum absolute atomic E-state index is 0.147. The third kappa shape index (κ3) is 2.98. The van der Waals surface area contributed by atoms with Crippen LogP contribution in [0.4, 0.5) is 11.4 Å². The van der Waals surface area contributed by atoms with Gasteiger partial charge in [-0.05, 0) is 25.1 Å². The number of carbonyl (C=O) groups excluding carboxylic acids is 1. The van der Waals surface area contributed by atoms with Crippen LogP contribution in [0.15, 0.2) is 18.2 Å². The van der Waals surface area contributed by atoms with Crippen LogP contribution in [0.25, 0.3) is 0 Å². The topological polar surface area (TPSA) is 92.4 Å². The number of hydrogen-bond donors (Lipinski definition) is 3. The van der Waals surface area contributed by atoms with Crippen LogP contribution in [0, 0.1) is 0 Å². The number of ketones is 1. The standard InChI is InChI=1S/C10H12N2O3/c1-6(13)8-4-7(2-3-9(8)11)12-5-10(14)15/h2-4,12H,5,11H2,1H3,(H,14,15). The molecule has 4 N–H and O–H groups in total. The highest BCUT2D eigenvalue weighted by Gasteiger charge is 2.06. The van der Waals surface area contributed by atoms with Crippen molar-refractivity contribution < 1.29 is 14.7 Å². The minimum atomic E-state index is -0.962. The molecule has 5 nitrogen and oxygen atoms in total. The Hall–Kier alpha value is -2.04. The van der Waals surface area contributed by atoms with E-state index in [1.807, 2.05) is 0 Å². The van der Waals surface area contributed by atoms with Crippen LogP contribution in [0.5, 0.6) is 0 Å². The molecule has 0 aliphatic rings. The van der Waals surface area contributed by atoms with Gasteiger partial charge in [0.05, 0.1) is 0 Å². The minimum Gasteiger partial charge on any atom is -0.480 e. The van der Waals surface area contributed by atoms with Crippen LogP contribution in [-0.4, -0.2) is 23.4 Å². The summed E-state index contributed by atoms with van der Waals surface area (Å²) < 4.78 is 0. The number of benzene rings is 1. The molecule has 15 heavy (non-hydrogen) atoms. The monoisotopic (exact) mass is 208 g/mol. The quantitative estimate of drug-likeness (QED) is 0.506. The molecule has 1 rings (SSSR count). The van der Waals surface area contributed by atoms with Gasteiger partial charge >= 0.3 is 5.97 Å². The lowest BCUT2D eigenvalue weighted by atomic mass is 10.1. The second-order valence-electron chi connectivity index (χ2n) is 3.11. The molecule has 0 spiro atoms. The summed E-state index contributed by atoms with van der Waals surface area (Å²) in [5.41, 5.74) is 6.93. The molecular formula is C10H12N2O3. The van der Waals surface area contributed by atoms with E-state index < -0.39 is 5.97 Å². The molecular weight excluding hydrogens is 196 g/mol. The third-order valence-electron chi connectivity index (χ3n) is 1.88. The molecule has 0 atom stereocenters. The first-order chi connectivity index (χ1) is 7.00. The summed E-state index contributed by atoms with van der Waals surface area (Å²) in [4.78, 5) is 21.4. The van der Waals surface area contributed by atoms with Crippen molar-refractivity contribution in [2.45, 2.75) is 6.92 Å². The van der Waals surface area contributed by atoms with E-state index in [0.29, 0.717) is 16.9 Å². The van der Waals surface area contributed by atoms with Gasteiger partial charge in [0.1, 0.15) is 6.54 Å². The first-order valence-corrected chi connectivity index (χ1v) is 4.37. The van der Waals surface area contributed by atoms with Gasteiger partial charge < -0.3 is 16.2 Å². The van der Waals surface area contributed by atoms with E-state index in [1.54, 1.807) is 18.2 Å². The molecule has 0 fully saturated rings. The predicted molar refractivity (Wildman–Crippen MR) is 57.0 cm³/mol. The second-order valence-corrected chi connectivity index (χ2v) is 3.11. The van der Waals surface area contributed by atoms with Gasteiger partial charge in [0, 0.05) is 16.9 Å². The van der Waals surface area contributed by atoms with Gasteiger partial charge in [0.15, 0.2) is 5.78 Å². The van der Waals surface area contributed by atoms with Crippen molar-refractivity contribution in [3.8, 4) is 0 Å². The van der Waals surface area contributed by atoms with Gasteiger partial charge in [-0.15, -0.1) is 0 Å². The fourth-order valence-electron chi connectivity index (χ4n) is 1.15. The number of nitrogens with one attached hydrogen (secondary N) is 1. The van der Waals surface area contributed by atoms with E-state index in [4.69, 9.17) is 10.8 Å². The van der Waals surface area contributed by atoms with Gasteiger partial charge in [-0.3, -0.25) is 9.59 Å². The molecule has 1 aromatic rings. The number of nitrogens with two attached hydrogens (primary N) is 1. The van der Waals surface area contributed by atoms with E-state index in [2.05, 4.69) is 5.32 Å². The molecule has 0 unspecified atom stereocenters. The van der Waals surface area contributed by atoms with Crippen LogP contribution in [0.1, 0.15) is 17.3 Å². The number of carboxylic acid groups (broad SMARTS) is 1. The van der Waals surface area contributed by atoms with Gasteiger partial charge in [-0.1, -0.05) is 0 Å². The van der Waals surface area contributed by atoms with Crippen molar-refractivity contribution in [2.24, 2.45) is 0 Å². The van der Waals surface area contributed by atoms with Crippen molar-refractivity contribution in [3.63, 3.8) is 0 Å². The number of aliphatic carboxylic acids is 1. The number of hydrogen-bond acceptors (Lipinski definition) is 4. The highest BCUT2D eigenvalue weighted by molar-refractivity contribution is 6.00. The summed E-state index contributed by atoms with van der Waals surface area (Å²) in [6.07, 6.45) is 0. The molecule has 0 heterocycles. The van der Waals surface area contributed by atoms with Crippen LogP contribution in [0.2, 0.25) is 0 Å². The maximum atomic E-state index is 11.1. The zero-order chi connectivity index (χ0) is 11.4. The number of carboxylic acids is 1. The molecule has 5 heteroatoms. The Balaban J connectivity index is 2.87. The lowest BCUT2D eigenvalue weighted by Gasteiger charge is -2.07. The van der Waals surface area contributed by atoms with Crippen molar-refractivity contribution in [1.29, 1.82) is 0 Å². The van der Waals surface area contributed by atoms with Crippen molar-refractivity contribution in [2.75, 3.05) is 17.6 Å². The molecule has 0 saturated carbocycles. The molecule has 0 saturated heterocycles. The van der Waals surface area contributed by atoms with Crippen molar-refractivity contribution >= 4 is 23.1 Å². The Morgan fingerprint density at radius 2 is 2.13 bits per heavy atom. The Morgan fingerprint density at radius 1 is 1.47 bits per heavy atom. The summed E-state index contributed by atoms with van der Waals surface area (Å²) in [6.45, 7) is 1.22.